The lowest BCUT2D eigenvalue weighted by atomic mass is 10.0. The molecule has 29 heavy (non-hydrogen) atoms. The third-order valence-electron chi connectivity index (χ3n) is 5.33. The third kappa shape index (κ3) is 5.71. The Bertz CT molecular complexity index is 769. The fourth-order valence-electron chi connectivity index (χ4n) is 3.65. The molecule has 1 atom stereocenters. The predicted molar refractivity (Wildman–Crippen MR) is 115 cm³/mol. The zero-order chi connectivity index (χ0) is 20.6. The Morgan fingerprint density at radius 3 is 2.34 bits per heavy atom. The first-order valence-electron chi connectivity index (χ1n) is 10.3. The lowest BCUT2D eigenvalue weighted by Crippen LogP contribution is -3.15. The van der Waals surface area contributed by atoms with E-state index in [2.05, 4.69) is 34.5 Å². The van der Waals surface area contributed by atoms with Gasteiger partial charge in [-0.3, -0.25) is 4.79 Å². The van der Waals surface area contributed by atoms with Crippen LogP contribution in [0.5, 0.6) is 5.75 Å². The van der Waals surface area contributed by atoms with Crippen LogP contribution in [0.25, 0.3) is 0 Å². The van der Waals surface area contributed by atoms with Gasteiger partial charge < -0.3 is 24.6 Å². The van der Waals surface area contributed by atoms with E-state index in [0.717, 1.165) is 32.1 Å². The molecule has 156 valence electrons. The summed E-state index contributed by atoms with van der Waals surface area (Å²) >= 11 is 0. The molecule has 2 aromatic rings. The van der Waals surface area contributed by atoms with Gasteiger partial charge in [-0.15, -0.1) is 0 Å². The van der Waals surface area contributed by atoms with E-state index in [4.69, 9.17) is 9.47 Å². The zero-order valence-electron chi connectivity index (χ0n) is 17.6. The Morgan fingerprint density at radius 2 is 1.76 bits per heavy atom. The summed E-state index contributed by atoms with van der Waals surface area (Å²) in [6, 6.07) is 16.1. The lowest BCUT2D eigenvalue weighted by molar-refractivity contribution is -0.937. The van der Waals surface area contributed by atoms with Crippen molar-refractivity contribution in [2.75, 3.05) is 58.5 Å². The molecular weight excluding hydrogens is 366 g/mol. The molecule has 0 aromatic heterocycles. The molecule has 1 aliphatic heterocycles. The highest BCUT2D eigenvalue weighted by Gasteiger charge is 2.27. The second-order valence-electron chi connectivity index (χ2n) is 7.48. The van der Waals surface area contributed by atoms with E-state index in [1.165, 1.54) is 16.2 Å². The maximum atomic E-state index is 12.7. The highest BCUT2D eigenvalue weighted by atomic mass is 16.5. The zero-order valence-corrected chi connectivity index (χ0v) is 17.6. The van der Waals surface area contributed by atoms with Gasteiger partial charge in [0.2, 0.25) is 0 Å². The molecular formula is C23H32N3O3+. The van der Waals surface area contributed by atoms with Gasteiger partial charge in [-0.2, -0.15) is 0 Å². The number of quaternary nitrogens is 1. The fourth-order valence-corrected chi connectivity index (χ4v) is 3.65. The maximum Gasteiger partial charge on any atom is 0.251 e. The number of amides is 1. The second-order valence-corrected chi connectivity index (χ2v) is 7.48. The van der Waals surface area contributed by atoms with Crippen molar-refractivity contribution in [1.29, 1.82) is 0 Å². The lowest BCUT2D eigenvalue weighted by Gasteiger charge is -2.32. The molecule has 0 radical (unpaired) electrons. The minimum Gasteiger partial charge on any atom is -0.494 e. The summed E-state index contributed by atoms with van der Waals surface area (Å²) in [5, 5.41) is 3.13. The van der Waals surface area contributed by atoms with Gasteiger partial charge in [0.05, 0.1) is 26.4 Å². The van der Waals surface area contributed by atoms with Crippen molar-refractivity contribution in [3.63, 3.8) is 0 Å². The molecule has 0 spiro atoms. The molecule has 0 unspecified atom stereocenters. The molecule has 2 N–H and O–H groups in total. The van der Waals surface area contributed by atoms with Gasteiger partial charge in [-0.1, -0.05) is 12.1 Å². The summed E-state index contributed by atoms with van der Waals surface area (Å²) in [7, 11) is 4.08. The first-order chi connectivity index (χ1) is 14.1. The van der Waals surface area contributed by atoms with E-state index in [9.17, 15) is 4.79 Å². The number of morpholine rings is 1. The van der Waals surface area contributed by atoms with Crippen LogP contribution in [0.3, 0.4) is 0 Å². The van der Waals surface area contributed by atoms with Crippen molar-refractivity contribution in [2.45, 2.75) is 13.0 Å². The van der Waals surface area contributed by atoms with Gasteiger partial charge in [-0.05, 0) is 43.3 Å². The molecule has 3 rings (SSSR count). The van der Waals surface area contributed by atoms with E-state index in [-0.39, 0.29) is 11.9 Å². The number of rotatable bonds is 8. The van der Waals surface area contributed by atoms with E-state index < -0.39 is 0 Å². The average Bonchev–Trinajstić information content (AvgIpc) is 2.75. The van der Waals surface area contributed by atoms with Crippen LogP contribution in [0.2, 0.25) is 0 Å². The first kappa shape index (κ1) is 21.1. The Morgan fingerprint density at radius 1 is 1.10 bits per heavy atom. The van der Waals surface area contributed by atoms with Gasteiger partial charge in [-0.25, -0.2) is 0 Å². The largest absolute Gasteiger partial charge is 0.494 e. The number of carbonyl (C=O) groups excluding carboxylic acids is 1. The highest BCUT2D eigenvalue weighted by molar-refractivity contribution is 5.94. The molecule has 2 aromatic carbocycles. The first-order valence-corrected chi connectivity index (χ1v) is 10.3. The molecule has 0 bridgehead atoms. The summed E-state index contributed by atoms with van der Waals surface area (Å²) in [5.41, 5.74) is 3.05. The monoisotopic (exact) mass is 398 g/mol. The van der Waals surface area contributed by atoms with Crippen LogP contribution in [0.1, 0.15) is 28.9 Å². The number of benzene rings is 2. The molecule has 0 saturated carbocycles. The van der Waals surface area contributed by atoms with Gasteiger partial charge in [0.25, 0.3) is 5.91 Å². The van der Waals surface area contributed by atoms with Crippen molar-refractivity contribution >= 4 is 11.6 Å². The van der Waals surface area contributed by atoms with Crippen LogP contribution >= 0.6 is 0 Å². The van der Waals surface area contributed by atoms with E-state index in [1.54, 1.807) is 0 Å². The average molecular weight is 399 g/mol. The van der Waals surface area contributed by atoms with Crippen molar-refractivity contribution in [2.24, 2.45) is 0 Å². The molecule has 1 heterocycles. The summed E-state index contributed by atoms with van der Waals surface area (Å²) in [6.07, 6.45) is 0. The standard InChI is InChI=1S/C23H31N3O3/c1-4-29-21-11-7-19(8-12-21)23(27)24-17-22(26-13-15-28-16-14-26)18-5-9-20(10-6-18)25(2)3/h5-12,22H,4,13-17H2,1-3H3,(H,24,27)/p+1/t22-/m0/s1. The normalized spacial score (nSPS) is 15.6. The number of nitrogens with zero attached hydrogens (tertiary/aromatic N) is 1. The van der Waals surface area contributed by atoms with Gasteiger partial charge in [0.15, 0.2) is 0 Å². The second kappa shape index (κ2) is 10.3. The fraction of sp³-hybridized carbons (Fsp3) is 0.435. The molecule has 1 saturated heterocycles. The molecule has 6 heteroatoms. The quantitative estimate of drug-likeness (QED) is 0.708. The van der Waals surface area contributed by atoms with Gasteiger partial charge in [0.1, 0.15) is 24.9 Å². The molecule has 1 amide bonds. The van der Waals surface area contributed by atoms with Crippen LogP contribution in [0.15, 0.2) is 48.5 Å². The van der Waals surface area contributed by atoms with Crippen LogP contribution < -0.4 is 19.9 Å². The summed E-state index contributed by atoms with van der Waals surface area (Å²) in [5.74, 6) is 0.719. The molecule has 1 aliphatic rings. The number of carbonyl (C=O) groups is 1. The minimum atomic E-state index is -0.0596. The smallest absolute Gasteiger partial charge is 0.251 e. The van der Waals surface area contributed by atoms with Crippen molar-refractivity contribution in [3.8, 4) is 5.75 Å². The van der Waals surface area contributed by atoms with Crippen LogP contribution in [0, 0.1) is 0 Å². The van der Waals surface area contributed by atoms with E-state index in [1.807, 2.05) is 45.3 Å². The summed E-state index contributed by atoms with van der Waals surface area (Å²) < 4.78 is 11.0. The number of anilines is 1. The molecule has 0 aliphatic carbocycles. The number of hydrogen-bond donors (Lipinski definition) is 2. The summed E-state index contributed by atoms with van der Waals surface area (Å²) in [6.45, 7) is 6.55. The van der Waals surface area contributed by atoms with Crippen molar-refractivity contribution in [1.82, 2.24) is 5.32 Å². The topological polar surface area (TPSA) is 55.2 Å². The van der Waals surface area contributed by atoms with Crippen molar-refractivity contribution in [3.05, 3.63) is 59.7 Å². The van der Waals surface area contributed by atoms with E-state index >= 15 is 0 Å². The molecule has 1 fully saturated rings. The van der Waals surface area contributed by atoms with Crippen molar-refractivity contribution < 1.29 is 19.2 Å². The Hall–Kier alpha value is -2.57. The van der Waals surface area contributed by atoms with Gasteiger partial charge >= 0.3 is 0 Å². The van der Waals surface area contributed by atoms with E-state index in [0.29, 0.717) is 18.7 Å². The van der Waals surface area contributed by atoms with Crippen LogP contribution in [-0.2, 0) is 4.74 Å². The molecule has 6 nitrogen and oxygen atoms in total. The summed E-state index contributed by atoms with van der Waals surface area (Å²) in [4.78, 5) is 16.2. The SMILES string of the molecule is CCOc1ccc(C(=O)NC[C@@H](c2ccc(N(C)C)cc2)[NH+]2CCOCC2)cc1. The Kier molecular flexibility index (Phi) is 7.49. The predicted octanol–water partition coefficient (Wildman–Crippen LogP) is 1.54. The Balaban J connectivity index is 1.70. The third-order valence-corrected chi connectivity index (χ3v) is 5.33. The van der Waals surface area contributed by atoms with Crippen LogP contribution in [-0.4, -0.2) is 59.5 Å². The number of nitrogens with one attached hydrogen (secondary N) is 2. The maximum absolute atomic E-state index is 12.7. The van der Waals surface area contributed by atoms with Gasteiger partial charge in [0, 0.05) is 30.9 Å². The number of hydrogen-bond acceptors (Lipinski definition) is 4. The van der Waals surface area contributed by atoms with Crippen LogP contribution in [0.4, 0.5) is 5.69 Å². The highest BCUT2D eigenvalue weighted by Crippen LogP contribution is 2.17. The Labute approximate surface area is 173 Å². The minimum absolute atomic E-state index is 0.0596. The number of ether oxygens (including phenoxy) is 2.